The molecule has 0 bridgehead atoms. The van der Waals surface area contributed by atoms with Crippen molar-refractivity contribution in [1.82, 2.24) is 19.8 Å². The van der Waals surface area contributed by atoms with Gasteiger partial charge in [0.2, 0.25) is 0 Å². The quantitative estimate of drug-likeness (QED) is 0.776. The summed E-state index contributed by atoms with van der Waals surface area (Å²) in [7, 11) is -3.79. The summed E-state index contributed by atoms with van der Waals surface area (Å²) in [5, 5.41) is 11.3. The Morgan fingerprint density at radius 3 is 2.85 bits per heavy atom. The average molecular weight is 293 g/mol. The van der Waals surface area contributed by atoms with E-state index in [0.717, 1.165) is 0 Å². The molecule has 9 heteroatoms. The smallest absolute Gasteiger partial charge is 0.267 e. The summed E-state index contributed by atoms with van der Waals surface area (Å²) in [6.45, 7) is 3.12. The summed E-state index contributed by atoms with van der Waals surface area (Å²) in [5.74, 6) is 0.239. The van der Waals surface area contributed by atoms with Gasteiger partial charge < -0.3 is 4.52 Å². The fourth-order valence-electron chi connectivity index (χ4n) is 1.98. The van der Waals surface area contributed by atoms with Gasteiger partial charge in [-0.05, 0) is 26.0 Å². The van der Waals surface area contributed by atoms with Gasteiger partial charge >= 0.3 is 0 Å². The molecule has 0 aliphatic heterocycles. The molecular formula is C11H11N5O3S. The van der Waals surface area contributed by atoms with Crippen molar-refractivity contribution in [2.75, 3.05) is 4.72 Å². The summed E-state index contributed by atoms with van der Waals surface area (Å²) in [6.07, 6.45) is 3.21. The third-order valence-corrected chi connectivity index (χ3v) is 4.41. The number of nitrogens with zero attached hydrogens (tertiary/aromatic N) is 4. The lowest BCUT2D eigenvalue weighted by atomic mass is 10.4. The Morgan fingerprint density at radius 1 is 1.35 bits per heavy atom. The van der Waals surface area contributed by atoms with Crippen LogP contribution in [-0.4, -0.2) is 28.2 Å². The monoisotopic (exact) mass is 293 g/mol. The highest BCUT2D eigenvalue weighted by Gasteiger charge is 2.25. The van der Waals surface area contributed by atoms with Crippen molar-refractivity contribution < 1.29 is 12.9 Å². The molecule has 0 saturated heterocycles. The Hall–Kier alpha value is -2.42. The van der Waals surface area contributed by atoms with Crippen LogP contribution in [0.25, 0.3) is 5.65 Å². The van der Waals surface area contributed by atoms with Gasteiger partial charge in [-0.25, -0.2) is 8.42 Å². The Bertz CT molecular complexity index is 861. The highest BCUT2D eigenvalue weighted by molar-refractivity contribution is 7.92. The molecule has 20 heavy (non-hydrogen) atoms. The summed E-state index contributed by atoms with van der Waals surface area (Å²) in [5.41, 5.74) is 1.07. The van der Waals surface area contributed by atoms with Crippen molar-refractivity contribution in [2.24, 2.45) is 0 Å². The van der Waals surface area contributed by atoms with E-state index in [1.165, 1.54) is 6.33 Å². The normalized spacial score (nSPS) is 11.9. The molecule has 0 aliphatic rings. The molecule has 0 spiro atoms. The maximum absolute atomic E-state index is 12.4. The zero-order valence-electron chi connectivity index (χ0n) is 10.7. The lowest BCUT2D eigenvalue weighted by Gasteiger charge is -2.07. The van der Waals surface area contributed by atoms with E-state index >= 15 is 0 Å². The number of anilines is 1. The molecule has 0 unspecified atom stereocenters. The van der Waals surface area contributed by atoms with E-state index in [0.29, 0.717) is 17.0 Å². The minimum Gasteiger partial charge on any atom is -0.360 e. The number of hydrogen-bond donors (Lipinski definition) is 1. The van der Waals surface area contributed by atoms with Crippen molar-refractivity contribution in [3.63, 3.8) is 0 Å². The van der Waals surface area contributed by atoms with Gasteiger partial charge in [-0.3, -0.25) is 9.12 Å². The number of rotatable bonds is 3. The van der Waals surface area contributed by atoms with Crippen LogP contribution in [0.15, 0.2) is 34.1 Å². The van der Waals surface area contributed by atoms with E-state index in [2.05, 4.69) is 20.1 Å². The van der Waals surface area contributed by atoms with E-state index < -0.39 is 10.0 Å². The van der Waals surface area contributed by atoms with E-state index in [1.807, 2.05) is 0 Å². The van der Waals surface area contributed by atoms with Crippen molar-refractivity contribution in [3.05, 3.63) is 36.1 Å². The van der Waals surface area contributed by atoms with Crippen LogP contribution in [-0.2, 0) is 10.0 Å². The molecule has 8 nitrogen and oxygen atoms in total. The van der Waals surface area contributed by atoms with E-state index in [-0.39, 0.29) is 10.7 Å². The van der Waals surface area contributed by atoms with Crippen molar-refractivity contribution >= 4 is 21.4 Å². The molecule has 0 atom stereocenters. The van der Waals surface area contributed by atoms with E-state index in [1.54, 1.807) is 36.6 Å². The molecular weight excluding hydrogens is 282 g/mol. The fraction of sp³-hybridized carbons (Fsp3) is 0.182. The second-order valence-electron chi connectivity index (χ2n) is 4.24. The standard InChI is InChI=1S/C11H11N5O3S/c1-7-10(8(2)19-14-7)20(17,18)15-9-4-3-5-16-6-12-13-11(9)16/h3-6,15H,1-2H3. The van der Waals surface area contributed by atoms with Gasteiger partial charge in [-0.2, -0.15) is 0 Å². The fourth-order valence-corrected chi connectivity index (χ4v) is 3.38. The summed E-state index contributed by atoms with van der Waals surface area (Å²) >= 11 is 0. The first-order valence-corrected chi connectivity index (χ1v) is 7.21. The molecule has 3 aromatic heterocycles. The summed E-state index contributed by atoms with van der Waals surface area (Å²) in [6, 6.07) is 3.31. The Balaban J connectivity index is 2.09. The third-order valence-electron chi connectivity index (χ3n) is 2.80. The minimum atomic E-state index is -3.79. The summed E-state index contributed by atoms with van der Waals surface area (Å²) in [4.78, 5) is 0.0408. The molecule has 0 aliphatic carbocycles. The van der Waals surface area contributed by atoms with Crippen LogP contribution in [0.1, 0.15) is 11.5 Å². The number of fused-ring (bicyclic) bond motifs is 1. The molecule has 104 valence electrons. The largest absolute Gasteiger partial charge is 0.360 e. The highest BCUT2D eigenvalue weighted by Crippen LogP contribution is 2.23. The molecule has 0 saturated carbocycles. The Kier molecular flexibility index (Phi) is 2.71. The van der Waals surface area contributed by atoms with Crippen LogP contribution in [0.4, 0.5) is 5.69 Å². The SMILES string of the molecule is Cc1noc(C)c1S(=O)(=O)Nc1cccn2cnnc12. The Morgan fingerprint density at radius 2 is 2.15 bits per heavy atom. The Labute approximate surface area is 114 Å². The second kappa shape index (κ2) is 4.30. The number of nitrogens with one attached hydrogen (secondary N) is 1. The number of aryl methyl sites for hydroxylation is 2. The third kappa shape index (κ3) is 1.92. The highest BCUT2D eigenvalue weighted by atomic mass is 32.2. The van der Waals surface area contributed by atoms with Crippen LogP contribution in [0.5, 0.6) is 0 Å². The van der Waals surface area contributed by atoms with Crippen LogP contribution in [0, 0.1) is 13.8 Å². The molecule has 3 aromatic rings. The van der Waals surface area contributed by atoms with Crippen LogP contribution < -0.4 is 4.72 Å². The van der Waals surface area contributed by atoms with Crippen molar-refractivity contribution in [2.45, 2.75) is 18.7 Å². The zero-order valence-corrected chi connectivity index (χ0v) is 11.5. The molecule has 1 N–H and O–H groups in total. The van der Waals surface area contributed by atoms with Crippen LogP contribution >= 0.6 is 0 Å². The van der Waals surface area contributed by atoms with E-state index in [9.17, 15) is 8.42 Å². The van der Waals surface area contributed by atoms with Crippen LogP contribution in [0.3, 0.4) is 0 Å². The minimum absolute atomic E-state index is 0.0408. The number of sulfonamides is 1. The molecule has 0 radical (unpaired) electrons. The first-order chi connectivity index (χ1) is 9.49. The molecule has 0 fully saturated rings. The second-order valence-corrected chi connectivity index (χ2v) is 5.86. The van der Waals surface area contributed by atoms with Gasteiger partial charge in [-0.15, -0.1) is 10.2 Å². The molecule has 0 amide bonds. The predicted molar refractivity (Wildman–Crippen MR) is 69.8 cm³/mol. The lowest BCUT2D eigenvalue weighted by Crippen LogP contribution is -2.15. The van der Waals surface area contributed by atoms with Gasteiger partial charge in [0.1, 0.15) is 12.0 Å². The topological polar surface area (TPSA) is 102 Å². The molecule has 3 heterocycles. The van der Waals surface area contributed by atoms with Crippen LogP contribution in [0.2, 0.25) is 0 Å². The van der Waals surface area contributed by atoms with Crippen molar-refractivity contribution in [3.8, 4) is 0 Å². The maximum Gasteiger partial charge on any atom is 0.267 e. The van der Waals surface area contributed by atoms with Gasteiger partial charge in [0.25, 0.3) is 10.0 Å². The first-order valence-electron chi connectivity index (χ1n) is 5.73. The number of aromatic nitrogens is 4. The molecule has 0 aromatic carbocycles. The number of hydrogen-bond acceptors (Lipinski definition) is 6. The molecule has 3 rings (SSSR count). The van der Waals surface area contributed by atoms with Gasteiger partial charge in [0, 0.05) is 6.20 Å². The summed E-state index contributed by atoms with van der Waals surface area (Å²) < 4.78 is 33.8. The van der Waals surface area contributed by atoms with Gasteiger partial charge in [0.15, 0.2) is 16.3 Å². The number of pyridine rings is 1. The first kappa shape index (κ1) is 12.6. The predicted octanol–water partition coefficient (Wildman–Crippen LogP) is 1.13. The lowest BCUT2D eigenvalue weighted by molar-refractivity contribution is 0.390. The zero-order chi connectivity index (χ0) is 14.3. The maximum atomic E-state index is 12.4. The van der Waals surface area contributed by atoms with Gasteiger partial charge in [0.05, 0.1) is 5.69 Å². The van der Waals surface area contributed by atoms with Crippen molar-refractivity contribution in [1.29, 1.82) is 0 Å². The average Bonchev–Trinajstić information content (AvgIpc) is 2.96. The van der Waals surface area contributed by atoms with E-state index in [4.69, 9.17) is 4.52 Å². The van der Waals surface area contributed by atoms with Gasteiger partial charge in [-0.1, -0.05) is 5.16 Å².